The molecule has 3 aliphatic rings. The molecular formula is C16H27N3. The van der Waals surface area contributed by atoms with Crippen molar-refractivity contribution in [2.45, 2.75) is 75.4 Å². The van der Waals surface area contributed by atoms with Crippen molar-refractivity contribution in [1.82, 2.24) is 10.2 Å². The Morgan fingerprint density at radius 1 is 1.16 bits per heavy atom. The van der Waals surface area contributed by atoms with Crippen LogP contribution in [0.25, 0.3) is 0 Å². The van der Waals surface area contributed by atoms with Crippen LogP contribution in [0.5, 0.6) is 0 Å². The normalized spacial score (nSPS) is 43.7. The molecule has 1 heterocycles. The van der Waals surface area contributed by atoms with Crippen molar-refractivity contribution in [2.75, 3.05) is 13.6 Å². The molecule has 3 fully saturated rings. The van der Waals surface area contributed by atoms with Gasteiger partial charge < -0.3 is 5.32 Å². The Hall–Kier alpha value is -0.590. The monoisotopic (exact) mass is 261 g/mol. The van der Waals surface area contributed by atoms with Crippen LogP contribution < -0.4 is 5.32 Å². The van der Waals surface area contributed by atoms with Gasteiger partial charge in [0.2, 0.25) is 0 Å². The van der Waals surface area contributed by atoms with Crippen molar-refractivity contribution < 1.29 is 0 Å². The summed E-state index contributed by atoms with van der Waals surface area (Å²) in [5.74, 6) is 0.960. The van der Waals surface area contributed by atoms with Crippen molar-refractivity contribution in [1.29, 1.82) is 5.26 Å². The largest absolute Gasteiger partial charge is 0.302 e. The second kappa shape index (κ2) is 5.42. The quantitative estimate of drug-likeness (QED) is 0.830. The summed E-state index contributed by atoms with van der Waals surface area (Å²) in [6.45, 7) is 1.28. The van der Waals surface area contributed by atoms with Crippen LogP contribution in [-0.2, 0) is 0 Å². The third-order valence-corrected chi connectivity index (χ3v) is 5.94. The van der Waals surface area contributed by atoms with E-state index in [0.717, 1.165) is 24.8 Å². The molecule has 0 aromatic heterocycles. The molecule has 106 valence electrons. The molecule has 1 aliphatic heterocycles. The average molecular weight is 261 g/mol. The molecule has 0 spiro atoms. The number of hydrogen-bond donors (Lipinski definition) is 1. The molecule has 0 aromatic rings. The van der Waals surface area contributed by atoms with Crippen LogP contribution >= 0.6 is 0 Å². The lowest BCUT2D eigenvalue weighted by Crippen LogP contribution is -2.53. The fourth-order valence-electron chi connectivity index (χ4n) is 4.81. The lowest BCUT2D eigenvalue weighted by Gasteiger charge is -2.43. The van der Waals surface area contributed by atoms with Crippen molar-refractivity contribution in [3.8, 4) is 6.07 Å². The molecule has 0 aromatic carbocycles. The summed E-state index contributed by atoms with van der Waals surface area (Å²) in [6.07, 6.45) is 11.7. The summed E-state index contributed by atoms with van der Waals surface area (Å²) in [5.41, 5.74) is -0.254. The van der Waals surface area contributed by atoms with Gasteiger partial charge in [0.05, 0.1) is 6.07 Å². The molecule has 4 atom stereocenters. The summed E-state index contributed by atoms with van der Waals surface area (Å²) < 4.78 is 0. The van der Waals surface area contributed by atoms with Gasteiger partial charge in [-0.3, -0.25) is 4.90 Å². The van der Waals surface area contributed by atoms with E-state index in [1.165, 1.54) is 51.5 Å². The lowest BCUT2D eigenvalue weighted by molar-refractivity contribution is 0.0853. The Kier molecular flexibility index (Phi) is 3.82. The third-order valence-electron chi connectivity index (χ3n) is 5.94. The zero-order valence-electron chi connectivity index (χ0n) is 12.2. The van der Waals surface area contributed by atoms with Gasteiger partial charge in [-0.25, -0.2) is 0 Å². The number of nitrogens with one attached hydrogen (secondary N) is 1. The Bertz CT molecular complexity index is 361. The fraction of sp³-hybridized carbons (Fsp3) is 0.938. The number of hydrogen-bond acceptors (Lipinski definition) is 3. The van der Waals surface area contributed by atoms with E-state index in [4.69, 9.17) is 0 Å². The molecule has 19 heavy (non-hydrogen) atoms. The summed E-state index contributed by atoms with van der Waals surface area (Å²) in [4.78, 5) is 2.78. The summed E-state index contributed by atoms with van der Waals surface area (Å²) in [5, 5.41) is 12.8. The molecule has 2 saturated carbocycles. The minimum Gasteiger partial charge on any atom is -0.302 e. The van der Waals surface area contributed by atoms with Crippen molar-refractivity contribution >= 4 is 0 Å². The molecule has 1 saturated heterocycles. The highest BCUT2D eigenvalue weighted by atomic mass is 15.2. The van der Waals surface area contributed by atoms with Crippen molar-refractivity contribution in [2.24, 2.45) is 5.92 Å². The Balaban J connectivity index is 1.70. The minimum atomic E-state index is -0.254. The predicted octanol–water partition coefficient (Wildman–Crippen LogP) is 2.68. The highest BCUT2D eigenvalue weighted by molar-refractivity contribution is 5.11. The highest BCUT2D eigenvalue weighted by Crippen LogP contribution is 2.41. The number of fused-ring (bicyclic) bond motifs is 1. The molecule has 0 amide bonds. The predicted molar refractivity (Wildman–Crippen MR) is 76.7 cm³/mol. The maximum absolute atomic E-state index is 9.50. The fourth-order valence-corrected chi connectivity index (χ4v) is 4.81. The van der Waals surface area contributed by atoms with Crippen molar-refractivity contribution in [3.63, 3.8) is 0 Å². The van der Waals surface area contributed by atoms with E-state index in [2.05, 4.69) is 16.3 Å². The van der Waals surface area contributed by atoms with E-state index >= 15 is 0 Å². The number of nitrogens with zero attached hydrogens (tertiary/aromatic N) is 2. The second-order valence-electron chi connectivity index (χ2n) is 6.83. The average Bonchev–Trinajstić information content (AvgIpc) is 2.91. The van der Waals surface area contributed by atoms with E-state index in [0.29, 0.717) is 6.04 Å². The molecular weight excluding hydrogens is 234 g/mol. The molecule has 3 heteroatoms. The van der Waals surface area contributed by atoms with Gasteiger partial charge in [0.25, 0.3) is 0 Å². The highest BCUT2D eigenvalue weighted by Gasteiger charge is 2.43. The van der Waals surface area contributed by atoms with Crippen LogP contribution in [0.15, 0.2) is 0 Å². The van der Waals surface area contributed by atoms with Crippen LogP contribution in [0.3, 0.4) is 0 Å². The van der Waals surface area contributed by atoms with Crippen LogP contribution in [0, 0.1) is 17.2 Å². The Morgan fingerprint density at radius 3 is 2.79 bits per heavy atom. The van der Waals surface area contributed by atoms with Gasteiger partial charge in [0.1, 0.15) is 5.54 Å². The number of rotatable bonds is 2. The molecule has 3 nitrogen and oxygen atoms in total. The Labute approximate surface area is 117 Å². The third kappa shape index (κ3) is 2.41. The molecule has 0 radical (unpaired) electrons. The number of nitriles is 1. The molecule has 0 bridgehead atoms. The molecule has 3 rings (SSSR count). The van der Waals surface area contributed by atoms with E-state index in [9.17, 15) is 5.26 Å². The van der Waals surface area contributed by atoms with Gasteiger partial charge in [-0.2, -0.15) is 5.26 Å². The topological polar surface area (TPSA) is 39.1 Å². The van der Waals surface area contributed by atoms with Gasteiger partial charge >= 0.3 is 0 Å². The van der Waals surface area contributed by atoms with Crippen LogP contribution in [0.1, 0.15) is 57.8 Å². The molecule has 4 unspecified atom stereocenters. The SMILES string of the molecule is CNC1(C#N)CCCC(N2CCC3CCCCC32)C1. The molecule has 2 aliphatic carbocycles. The summed E-state index contributed by atoms with van der Waals surface area (Å²) in [6, 6.07) is 4.04. The van der Waals surface area contributed by atoms with Gasteiger partial charge in [-0.15, -0.1) is 0 Å². The minimum absolute atomic E-state index is 0.254. The van der Waals surface area contributed by atoms with E-state index < -0.39 is 0 Å². The van der Waals surface area contributed by atoms with E-state index in [-0.39, 0.29) is 5.54 Å². The number of likely N-dealkylation sites (tertiary alicyclic amines) is 1. The lowest BCUT2D eigenvalue weighted by atomic mass is 9.78. The first-order chi connectivity index (χ1) is 9.28. The molecule has 1 N–H and O–H groups in total. The summed E-state index contributed by atoms with van der Waals surface area (Å²) >= 11 is 0. The first kappa shape index (κ1) is 13.4. The summed E-state index contributed by atoms with van der Waals surface area (Å²) in [7, 11) is 1.96. The van der Waals surface area contributed by atoms with Gasteiger partial charge in [0.15, 0.2) is 0 Å². The van der Waals surface area contributed by atoms with Crippen LogP contribution in [0.2, 0.25) is 0 Å². The standard InChI is InChI=1S/C16H27N3/c1-18-16(12-17)9-4-6-14(11-16)19-10-8-13-5-2-3-7-15(13)19/h13-15,18H,2-11H2,1H3. The first-order valence-corrected chi connectivity index (χ1v) is 8.14. The first-order valence-electron chi connectivity index (χ1n) is 8.14. The maximum Gasteiger partial charge on any atom is 0.108 e. The zero-order valence-corrected chi connectivity index (χ0v) is 12.2. The van der Waals surface area contributed by atoms with Crippen molar-refractivity contribution in [3.05, 3.63) is 0 Å². The Morgan fingerprint density at radius 2 is 2.00 bits per heavy atom. The second-order valence-corrected chi connectivity index (χ2v) is 6.83. The van der Waals surface area contributed by atoms with Gasteiger partial charge in [-0.05, 0) is 64.5 Å². The van der Waals surface area contributed by atoms with Gasteiger partial charge in [0, 0.05) is 12.1 Å². The van der Waals surface area contributed by atoms with Crippen LogP contribution in [0.4, 0.5) is 0 Å². The van der Waals surface area contributed by atoms with Crippen LogP contribution in [-0.4, -0.2) is 36.1 Å². The maximum atomic E-state index is 9.50. The smallest absolute Gasteiger partial charge is 0.108 e. The zero-order chi connectivity index (χ0) is 13.3. The van der Waals surface area contributed by atoms with E-state index in [1.54, 1.807) is 0 Å². The van der Waals surface area contributed by atoms with E-state index in [1.807, 2.05) is 7.05 Å². The van der Waals surface area contributed by atoms with Gasteiger partial charge in [-0.1, -0.05) is 12.8 Å².